The predicted molar refractivity (Wildman–Crippen MR) is 191 cm³/mol. The van der Waals surface area contributed by atoms with Gasteiger partial charge in [0.05, 0.1) is 48.6 Å². The minimum Gasteiger partial charge on any atom is -0.506 e. The Bertz CT molecular complexity index is 2060. The lowest BCUT2D eigenvalue weighted by Gasteiger charge is -2.52. The second-order valence-electron chi connectivity index (χ2n) is 17.3. The van der Waals surface area contributed by atoms with Gasteiger partial charge in [-0.05, 0) is 46.2 Å². The van der Waals surface area contributed by atoms with Crippen molar-refractivity contribution in [3.8, 4) is 17.2 Å². The SMILES string of the molecule is COc1c2c(c(O)c3c4c(c(C)cc13)[C@@H]1O[C@@]3(C(C)C)O[C@@H]1[C@@](O[C@H]1C[C@](O)(C(C)=O)[C@H](O)[C@H](C)O1)(O4)[C@@]31CO1)C(=O)[C@@H](O)C[C@@H]2O[C@@H]1C[C@@](C)(O)[C@H](O)[C@H](C)O1. The Morgan fingerprint density at radius 1 is 1.00 bits per heavy atom. The number of phenolic OH excluding ortho intramolecular Hbond substituents is 1. The molecule has 15 atom stereocenters. The van der Waals surface area contributed by atoms with Crippen LogP contribution in [0, 0.1) is 12.8 Å². The van der Waals surface area contributed by atoms with E-state index < -0.39 is 114 Å². The third-order valence-electron chi connectivity index (χ3n) is 13.4. The maximum Gasteiger partial charge on any atom is 0.279 e. The van der Waals surface area contributed by atoms with Gasteiger partial charge in [0.25, 0.3) is 5.79 Å². The molecule has 9 rings (SSSR count). The van der Waals surface area contributed by atoms with Crippen LogP contribution in [-0.4, -0.2) is 134 Å². The lowest BCUT2D eigenvalue weighted by molar-refractivity contribution is -0.372. The molecule has 1 spiro atoms. The first-order chi connectivity index (χ1) is 26.7. The zero-order chi connectivity index (χ0) is 41.1. The van der Waals surface area contributed by atoms with Crippen molar-refractivity contribution in [2.75, 3.05) is 13.7 Å². The molecule has 0 saturated carbocycles. The van der Waals surface area contributed by atoms with E-state index in [0.717, 1.165) is 0 Å². The first kappa shape index (κ1) is 39.4. The number of ketones is 2. The predicted octanol–water partition coefficient (Wildman–Crippen LogP) is 1.63. The molecule has 0 unspecified atom stereocenters. The lowest BCUT2D eigenvalue weighted by Crippen LogP contribution is -2.71. The molecule has 2 bridgehead atoms. The number of Topliss-reactive ketones (excluding diaryl/α,β-unsaturated/α-hetero) is 2. The standard InChI is InChI=1S/C40H50O17/c1-14(2)39-38(13-50-38)40(54-23-12-37(48,18(6)41)34(46)17(5)52-23)35(57-39)32(56-39)24-15(3)9-19-25(31(24)55-40)29(44)27-26(30(19)49-8)21(10-20(42)28(27)43)53-22-11-36(7,47)33(45)16(4)51-22/h9,14,16-17,20-23,32-35,42,44-48H,10-13H2,1-8H3/t16-,17-,20-,21-,22+,23-,32-,33+,34+,35-,36+,37-,38+,39-,40+/m0/s1. The van der Waals surface area contributed by atoms with Gasteiger partial charge in [-0.25, -0.2) is 0 Å². The number of hydrogen-bond acceptors (Lipinski definition) is 17. The van der Waals surface area contributed by atoms with Crippen LogP contribution < -0.4 is 9.47 Å². The molecule has 17 nitrogen and oxygen atoms in total. The number of aryl methyl sites for hydroxylation is 1. The van der Waals surface area contributed by atoms with Crippen molar-refractivity contribution in [1.29, 1.82) is 0 Å². The molecule has 5 saturated heterocycles. The maximum atomic E-state index is 14.0. The zero-order valence-electron chi connectivity index (χ0n) is 32.9. The fourth-order valence-corrected chi connectivity index (χ4v) is 10.4. The average molecular weight is 803 g/mol. The molecular weight excluding hydrogens is 752 g/mol. The number of fused-ring (bicyclic) bond motifs is 8. The number of phenols is 1. The van der Waals surface area contributed by atoms with Gasteiger partial charge >= 0.3 is 0 Å². The highest BCUT2D eigenvalue weighted by atomic mass is 16.9. The summed E-state index contributed by atoms with van der Waals surface area (Å²) in [5.41, 5.74) is -4.20. The number of epoxide rings is 1. The molecule has 6 N–H and O–H groups in total. The van der Waals surface area contributed by atoms with E-state index in [1.165, 1.54) is 27.9 Å². The number of carbonyl (C=O) groups is 2. The van der Waals surface area contributed by atoms with Gasteiger partial charge in [-0.3, -0.25) is 9.59 Å². The minimum atomic E-state index is -2.21. The highest BCUT2D eigenvalue weighted by Gasteiger charge is 2.92. The van der Waals surface area contributed by atoms with Crippen LogP contribution in [0.1, 0.15) is 100 Å². The Kier molecular flexibility index (Phi) is 8.64. The normalized spacial score (nSPS) is 45.6. The van der Waals surface area contributed by atoms with E-state index in [2.05, 4.69) is 0 Å². The molecule has 0 radical (unpaired) electrons. The second-order valence-corrected chi connectivity index (χ2v) is 17.3. The Hall–Kier alpha value is -3.04. The van der Waals surface area contributed by atoms with Crippen LogP contribution in [0.25, 0.3) is 10.8 Å². The molecule has 2 aromatic rings. The molecule has 7 aliphatic rings. The van der Waals surface area contributed by atoms with E-state index in [0.29, 0.717) is 16.5 Å². The van der Waals surface area contributed by atoms with E-state index >= 15 is 0 Å². The van der Waals surface area contributed by atoms with Crippen molar-refractivity contribution in [3.05, 3.63) is 28.3 Å². The van der Waals surface area contributed by atoms with Crippen molar-refractivity contribution in [2.24, 2.45) is 5.92 Å². The monoisotopic (exact) mass is 802 g/mol. The van der Waals surface area contributed by atoms with Gasteiger partial charge in [-0.2, -0.15) is 0 Å². The fourth-order valence-electron chi connectivity index (χ4n) is 10.4. The van der Waals surface area contributed by atoms with Crippen LogP contribution in [0.5, 0.6) is 17.2 Å². The zero-order valence-corrected chi connectivity index (χ0v) is 32.9. The van der Waals surface area contributed by atoms with E-state index in [1.807, 2.05) is 20.8 Å². The number of aliphatic hydroxyl groups is 5. The molecule has 6 heterocycles. The van der Waals surface area contributed by atoms with Crippen LogP contribution in [0.2, 0.25) is 0 Å². The third kappa shape index (κ3) is 4.99. The summed E-state index contributed by atoms with van der Waals surface area (Å²) in [6, 6.07) is 1.76. The van der Waals surface area contributed by atoms with Crippen molar-refractivity contribution in [3.63, 3.8) is 0 Å². The number of aromatic hydroxyl groups is 1. The van der Waals surface area contributed by atoms with Gasteiger partial charge in [-0.1, -0.05) is 13.8 Å². The van der Waals surface area contributed by atoms with Crippen molar-refractivity contribution >= 4 is 22.3 Å². The topological polar surface area (TPSA) is 242 Å². The summed E-state index contributed by atoms with van der Waals surface area (Å²) in [5.74, 6) is -5.43. The number of methoxy groups -OCH3 is 1. The lowest BCUT2D eigenvalue weighted by atomic mass is 9.75. The van der Waals surface area contributed by atoms with Gasteiger partial charge in [-0.15, -0.1) is 0 Å². The number of aliphatic hydroxyl groups excluding tert-OH is 3. The number of benzene rings is 2. The summed E-state index contributed by atoms with van der Waals surface area (Å²) >= 11 is 0. The molecule has 5 fully saturated rings. The van der Waals surface area contributed by atoms with Crippen molar-refractivity contribution in [2.45, 2.75) is 158 Å². The van der Waals surface area contributed by atoms with Crippen LogP contribution in [0.4, 0.5) is 0 Å². The Morgan fingerprint density at radius 2 is 1.67 bits per heavy atom. The first-order valence-electron chi connectivity index (χ1n) is 19.5. The molecule has 17 heteroatoms. The van der Waals surface area contributed by atoms with Gasteiger partial charge in [0.1, 0.15) is 41.7 Å². The highest BCUT2D eigenvalue weighted by Crippen LogP contribution is 2.73. The molecule has 1 aliphatic carbocycles. The summed E-state index contributed by atoms with van der Waals surface area (Å²) in [6.45, 7) is 11.4. The van der Waals surface area contributed by atoms with Crippen LogP contribution >= 0.6 is 0 Å². The van der Waals surface area contributed by atoms with Gasteiger partial charge in [0.15, 0.2) is 35.9 Å². The van der Waals surface area contributed by atoms with Crippen molar-refractivity contribution in [1.82, 2.24) is 0 Å². The summed E-state index contributed by atoms with van der Waals surface area (Å²) in [7, 11) is 1.39. The third-order valence-corrected chi connectivity index (χ3v) is 13.4. The van der Waals surface area contributed by atoms with E-state index in [1.54, 1.807) is 13.0 Å². The van der Waals surface area contributed by atoms with Gasteiger partial charge < -0.3 is 73.3 Å². The van der Waals surface area contributed by atoms with Crippen molar-refractivity contribution < 1.29 is 82.9 Å². The largest absolute Gasteiger partial charge is 0.506 e. The number of carbonyl (C=O) groups excluding carboxylic acids is 2. The van der Waals surface area contributed by atoms with E-state index in [4.69, 9.17) is 42.6 Å². The van der Waals surface area contributed by atoms with Gasteiger partial charge in [0.2, 0.25) is 11.4 Å². The quantitative estimate of drug-likeness (QED) is 0.218. The molecule has 6 aliphatic heterocycles. The summed E-state index contributed by atoms with van der Waals surface area (Å²) in [4.78, 5) is 26.7. The Morgan fingerprint density at radius 3 is 2.28 bits per heavy atom. The number of rotatable bonds is 7. The molecule has 57 heavy (non-hydrogen) atoms. The molecule has 0 amide bonds. The first-order valence-corrected chi connectivity index (χ1v) is 19.5. The Labute approximate surface area is 327 Å². The number of ether oxygens (including phenoxy) is 9. The minimum absolute atomic E-state index is 0.0318. The summed E-state index contributed by atoms with van der Waals surface area (Å²) in [5, 5.41) is 67.5. The molecule has 0 aromatic heterocycles. The van der Waals surface area contributed by atoms with E-state index in [9.17, 15) is 40.2 Å². The van der Waals surface area contributed by atoms with E-state index in [-0.39, 0.29) is 53.4 Å². The van der Waals surface area contributed by atoms with Gasteiger partial charge in [0, 0.05) is 41.7 Å². The molecular formula is C40H50O17. The van der Waals surface area contributed by atoms with Crippen LogP contribution in [-0.2, 0) is 38.0 Å². The molecule has 2 aromatic carbocycles. The van der Waals surface area contributed by atoms with Crippen LogP contribution in [0.15, 0.2) is 6.07 Å². The maximum absolute atomic E-state index is 14.0. The average Bonchev–Trinajstić information content (AvgIpc) is 3.79. The Balaban J connectivity index is 1.21. The number of hydrogen-bond donors (Lipinski definition) is 6. The summed E-state index contributed by atoms with van der Waals surface area (Å²) in [6.07, 6.45) is -12.4. The second kappa shape index (κ2) is 12.5. The fraction of sp³-hybridized carbons (Fsp3) is 0.700. The highest BCUT2D eigenvalue weighted by molar-refractivity contribution is 6.13. The van der Waals surface area contributed by atoms with Crippen LogP contribution in [0.3, 0.4) is 0 Å². The smallest absolute Gasteiger partial charge is 0.279 e. The summed E-state index contributed by atoms with van der Waals surface area (Å²) < 4.78 is 58.0. The molecule has 312 valence electrons.